The highest BCUT2D eigenvalue weighted by Crippen LogP contribution is 2.32. The summed E-state index contributed by atoms with van der Waals surface area (Å²) >= 11 is 0. The molecule has 3 aromatic heterocycles. The Hall–Kier alpha value is -2.70. The molecule has 0 aromatic carbocycles. The minimum absolute atomic E-state index is 0.176. The molecule has 3 heterocycles. The molecule has 0 radical (unpaired) electrons. The van der Waals surface area contributed by atoms with Crippen molar-refractivity contribution < 1.29 is 0 Å². The quantitative estimate of drug-likeness (QED) is 0.798. The molecule has 0 bridgehead atoms. The Morgan fingerprint density at radius 2 is 2.18 bits per heavy atom. The average molecular weight is 296 g/mol. The number of H-pyrrole nitrogens is 1. The summed E-state index contributed by atoms with van der Waals surface area (Å²) in [5.41, 5.74) is 1.43. The minimum atomic E-state index is -0.176. The van der Waals surface area contributed by atoms with Crippen LogP contribution in [0.2, 0.25) is 0 Å². The molecule has 1 aliphatic carbocycles. The van der Waals surface area contributed by atoms with E-state index in [-0.39, 0.29) is 5.56 Å². The van der Waals surface area contributed by atoms with Crippen LogP contribution in [-0.2, 0) is 7.05 Å². The first-order valence-electron chi connectivity index (χ1n) is 7.36. The molecule has 4 rings (SSSR count). The fourth-order valence-electron chi connectivity index (χ4n) is 2.69. The van der Waals surface area contributed by atoms with E-state index in [2.05, 4.69) is 20.2 Å². The van der Waals surface area contributed by atoms with E-state index >= 15 is 0 Å². The van der Waals surface area contributed by atoms with E-state index in [4.69, 9.17) is 0 Å². The van der Waals surface area contributed by atoms with Gasteiger partial charge in [-0.2, -0.15) is 10.2 Å². The summed E-state index contributed by atoms with van der Waals surface area (Å²) < 4.78 is 3.64. The van der Waals surface area contributed by atoms with Crippen molar-refractivity contribution in [2.45, 2.75) is 25.3 Å². The highest BCUT2D eigenvalue weighted by molar-refractivity contribution is 5.75. The molecule has 0 saturated heterocycles. The maximum atomic E-state index is 12.0. The molecule has 1 N–H and O–H groups in total. The van der Waals surface area contributed by atoms with Crippen molar-refractivity contribution in [3.8, 4) is 0 Å². The molecule has 112 valence electrons. The molecular formula is C15H16N6O. The van der Waals surface area contributed by atoms with E-state index < -0.39 is 0 Å². The van der Waals surface area contributed by atoms with E-state index in [1.165, 1.54) is 25.5 Å². The summed E-state index contributed by atoms with van der Waals surface area (Å²) in [5.74, 6) is 0.516. The van der Waals surface area contributed by atoms with Crippen LogP contribution in [0.1, 0.15) is 36.8 Å². The van der Waals surface area contributed by atoms with Crippen LogP contribution in [0.25, 0.3) is 23.2 Å². The standard InChI is InChI=1S/C15H16N6O/c1-20-14-12(9-17-20)15(22)19-13(18-14)6-5-11-7-8-16-21(11)10-3-2-4-10/h5-10H,2-4H2,1H3,(H,18,19,22). The van der Waals surface area contributed by atoms with Crippen molar-refractivity contribution in [3.63, 3.8) is 0 Å². The van der Waals surface area contributed by atoms with Crippen molar-refractivity contribution in [1.82, 2.24) is 29.5 Å². The Kier molecular flexibility index (Phi) is 2.92. The van der Waals surface area contributed by atoms with Crippen LogP contribution in [0.5, 0.6) is 0 Å². The van der Waals surface area contributed by atoms with Gasteiger partial charge in [0.15, 0.2) is 5.65 Å². The zero-order valence-electron chi connectivity index (χ0n) is 12.2. The zero-order valence-corrected chi connectivity index (χ0v) is 12.2. The lowest BCUT2D eigenvalue weighted by Gasteiger charge is -2.26. The molecule has 0 atom stereocenters. The minimum Gasteiger partial charge on any atom is -0.306 e. The molecule has 0 unspecified atom stereocenters. The molecule has 3 aromatic rings. The molecule has 1 saturated carbocycles. The summed E-state index contributed by atoms with van der Waals surface area (Å²) in [4.78, 5) is 19.2. The lowest BCUT2D eigenvalue weighted by atomic mass is 9.93. The summed E-state index contributed by atoms with van der Waals surface area (Å²) in [6, 6.07) is 2.47. The highest BCUT2D eigenvalue weighted by Gasteiger charge is 2.21. The van der Waals surface area contributed by atoms with Gasteiger partial charge in [0.05, 0.1) is 17.9 Å². The Labute approximate surface area is 126 Å². The van der Waals surface area contributed by atoms with E-state index in [9.17, 15) is 4.79 Å². The van der Waals surface area contributed by atoms with Crippen LogP contribution in [0.3, 0.4) is 0 Å². The second kappa shape index (κ2) is 4.94. The fraction of sp³-hybridized carbons (Fsp3) is 0.333. The van der Waals surface area contributed by atoms with E-state index in [1.54, 1.807) is 24.0 Å². The predicted octanol–water partition coefficient (Wildman–Crippen LogP) is 1.75. The van der Waals surface area contributed by atoms with Crippen molar-refractivity contribution in [2.24, 2.45) is 7.05 Å². The van der Waals surface area contributed by atoms with Crippen molar-refractivity contribution in [1.29, 1.82) is 0 Å². The van der Waals surface area contributed by atoms with Crippen LogP contribution < -0.4 is 5.56 Å². The van der Waals surface area contributed by atoms with Gasteiger partial charge in [-0.05, 0) is 37.5 Å². The fourth-order valence-corrected chi connectivity index (χ4v) is 2.69. The summed E-state index contributed by atoms with van der Waals surface area (Å²) in [6.45, 7) is 0. The maximum absolute atomic E-state index is 12.0. The number of aryl methyl sites for hydroxylation is 1. The first kappa shape index (κ1) is 13.0. The Bertz CT molecular complexity index is 912. The van der Waals surface area contributed by atoms with Gasteiger partial charge in [0.1, 0.15) is 11.2 Å². The van der Waals surface area contributed by atoms with Gasteiger partial charge in [-0.1, -0.05) is 0 Å². The molecule has 0 amide bonds. The number of hydrogen-bond acceptors (Lipinski definition) is 4. The van der Waals surface area contributed by atoms with Crippen LogP contribution in [-0.4, -0.2) is 29.5 Å². The van der Waals surface area contributed by atoms with Crippen LogP contribution in [0.15, 0.2) is 23.3 Å². The zero-order chi connectivity index (χ0) is 15.1. The van der Waals surface area contributed by atoms with Gasteiger partial charge in [-0.3, -0.25) is 14.2 Å². The topological polar surface area (TPSA) is 81.4 Å². The highest BCUT2D eigenvalue weighted by atomic mass is 16.1. The number of hydrogen-bond donors (Lipinski definition) is 1. The first-order chi connectivity index (χ1) is 10.7. The third-order valence-corrected chi connectivity index (χ3v) is 4.15. The summed E-state index contributed by atoms with van der Waals surface area (Å²) in [6.07, 6.45) is 10.7. The normalized spacial score (nSPS) is 15.7. The van der Waals surface area contributed by atoms with Crippen molar-refractivity contribution in [2.75, 3.05) is 0 Å². The van der Waals surface area contributed by atoms with Crippen molar-refractivity contribution in [3.05, 3.63) is 40.3 Å². The second-order valence-corrected chi connectivity index (χ2v) is 5.58. The molecule has 22 heavy (non-hydrogen) atoms. The third-order valence-electron chi connectivity index (χ3n) is 4.15. The average Bonchev–Trinajstić information content (AvgIpc) is 3.03. The van der Waals surface area contributed by atoms with Gasteiger partial charge in [0, 0.05) is 13.2 Å². The Morgan fingerprint density at radius 1 is 1.32 bits per heavy atom. The van der Waals surface area contributed by atoms with Gasteiger partial charge in [0.25, 0.3) is 5.56 Å². The van der Waals surface area contributed by atoms with Gasteiger partial charge in [-0.15, -0.1) is 0 Å². The van der Waals surface area contributed by atoms with Crippen LogP contribution in [0, 0.1) is 0 Å². The SMILES string of the molecule is Cn1ncc2c(=O)[nH]c(C=Cc3ccnn3C3CCC3)nc21. The molecule has 1 aliphatic rings. The monoisotopic (exact) mass is 296 g/mol. The maximum Gasteiger partial charge on any atom is 0.262 e. The van der Waals surface area contributed by atoms with E-state index in [0.717, 1.165) is 5.69 Å². The molecular weight excluding hydrogens is 280 g/mol. The largest absolute Gasteiger partial charge is 0.306 e. The number of aromatic amines is 1. The van der Waals surface area contributed by atoms with Gasteiger partial charge >= 0.3 is 0 Å². The van der Waals surface area contributed by atoms with Gasteiger partial charge < -0.3 is 4.98 Å². The summed E-state index contributed by atoms with van der Waals surface area (Å²) in [5, 5.41) is 8.94. The summed E-state index contributed by atoms with van der Waals surface area (Å²) in [7, 11) is 1.77. The van der Waals surface area contributed by atoms with Crippen molar-refractivity contribution >= 4 is 23.2 Å². The number of aromatic nitrogens is 6. The molecule has 7 nitrogen and oxygen atoms in total. The smallest absolute Gasteiger partial charge is 0.262 e. The predicted molar refractivity (Wildman–Crippen MR) is 83.2 cm³/mol. The number of rotatable bonds is 3. The first-order valence-corrected chi connectivity index (χ1v) is 7.36. The van der Waals surface area contributed by atoms with Gasteiger partial charge in [0.2, 0.25) is 0 Å². The lowest BCUT2D eigenvalue weighted by molar-refractivity contribution is 0.288. The number of fused-ring (bicyclic) bond motifs is 1. The van der Waals surface area contributed by atoms with E-state index in [0.29, 0.717) is 22.9 Å². The Balaban J connectivity index is 1.70. The van der Waals surface area contributed by atoms with Crippen LogP contribution in [0.4, 0.5) is 0 Å². The van der Waals surface area contributed by atoms with Crippen LogP contribution >= 0.6 is 0 Å². The van der Waals surface area contributed by atoms with E-state index in [1.807, 2.05) is 16.8 Å². The molecule has 1 fully saturated rings. The number of nitrogens with zero attached hydrogens (tertiary/aromatic N) is 5. The number of nitrogens with one attached hydrogen (secondary N) is 1. The Morgan fingerprint density at radius 3 is 2.95 bits per heavy atom. The lowest BCUT2D eigenvalue weighted by Crippen LogP contribution is -2.19. The second-order valence-electron chi connectivity index (χ2n) is 5.58. The third kappa shape index (κ3) is 2.05. The molecule has 0 aliphatic heterocycles. The molecule has 7 heteroatoms. The molecule has 0 spiro atoms. The van der Waals surface area contributed by atoms with Gasteiger partial charge in [-0.25, -0.2) is 4.98 Å².